The summed E-state index contributed by atoms with van der Waals surface area (Å²) in [5.74, 6) is -0.658. The molecule has 8 nitrogen and oxygen atoms in total. The van der Waals surface area contributed by atoms with Crippen LogP contribution in [0.15, 0.2) is 42.5 Å². The van der Waals surface area contributed by atoms with Gasteiger partial charge < -0.3 is 24.8 Å². The molecule has 0 fully saturated rings. The van der Waals surface area contributed by atoms with Crippen LogP contribution in [-0.4, -0.2) is 43.6 Å². The van der Waals surface area contributed by atoms with Gasteiger partial charge in [-0.15, -0.1) is 0 Å². The van der Waals surface area contributed by atoms with Gasteiger partial charge >= 0.3 is 5.97 Å². The van der Waals surface area contributed by atoms with E-state index in [2.05, 4.69) is 10.6 Å². The molecule has 0 aromatic heterocycles. The maximum absolute atomic E-state index is 12.2. The van der Waals surface area contributed by atoms with Crippen LogP contribution in [0.1, 0.15) is 17.3 Å². The zero-order chi connectivity index (χ0) is 20.8. The molecule has 1 aliphatic rings. The van der Waals surface area contributed by atoms with Crippen molar-refractivity contribution in [3.63, 3.8) is 0 Å². The topological polar surface area (TPSA) is 103 Å². The van der Waals surface area contributed by atoms with Gasteiger partial charge in [-0.05, 0) is 31.2 Å². The highest BCUT2D eigenvalue weighted by Crippen LogP contribution is 2.32. The first kappa shape index (κ1) is 20.5. The Hall–Kier alpha value is -3.26. The van der Waals surface area contributed by atoms with E-state index in [4.69, 9.17) is 25.8 Å². The molecule has 29 heavy (non-hydrogen) atoms. The fraction of sp³-hybridized carbons (Fsp3) is 0.250. The van der Waals surface area contributed by atoms with E-state index in [-0.39, 0.29) is 10.6 Å². The minimum Gasteiger partial charge on any atom is -0.486 e. The van der Waals surface area contributed by atoms with Gasteiger partial charge in [0.1, 0.15) is 19.3 Å². The van der Waals surface area contributed by atoms with Gasteiger partial charge in [-0.2, -0.15) is 0 Å². The molecule has 152 valence electrons. The zero-order valence-electron chi connectivity index (χ0n) is 15.6. The third-order valence-electron chi connectivity index (χ3n) is 3.99. The monoisotopic (exact) mass is 418 g/mol. The Balaban J connectivity index is 1.47. The molecular formula is C20H19ClN2O6. The number of carbonyl (C=O) groups is 3. The van der Waals surface area contributed by atoms with Crippen LogP contribution in [0.3, 0.4) is 0 Å². The second-order valence-electron chi connectivity index (χ2n) is 6.19. The molecule has 2 amide bonds. The predicted molar refractivity (Wildman–Crippen MR) is 105 cm³/mol. The Bertz CT molecular complexity index is 933. The third-order valence-corrected chi connectivity index (χ3v) is 4.32. The molecule has 0 saturated heterocycles. The number of hydrogen-bond donors (Lipinski definition) is 2. The minimum absolute atomic E-state index is 0.241. The minimum atomic E-state index is -0.958. The maximum Gasteiger partial charge on any atom is 0.328 e. The molecule has 2 aromatic rings. The van der Waals surface area contributed by atoms with Crippen molar-refractivity contribution in [3.05, 3.63) is 53.1 Å². The molecular weight excluding hydrogens is 400 g/mol. The van der Waals surface area contributed by atoms with Crippen molar-refractivity contribution in [3.8, 4) is 11.5 Å². The number of rotatable bonds is 6. The largest absolute Gasteiger partial charge is 0.486 e. The number of hydrogen-bond acceptors (Lipinski definition) is 6. The Morgan fingerprint density at radius 3 is 2.59 bits per heavy atom. The molecule has 2 aromatic carbocycles. The van der Waals surface area contributed by atoms with Gasteiger partial charge in [-0.25, -0.2) is 4.79 Å². The van der Waals surface area contributed by atoms with Crippen LogP contribution in [0.25, 0.3) is 0 Å². The van der Waals surface area contributed by atoms with Crippen LogP contribution in [-0.2, 0) is 14.3 Å². The van der Waals surface area contributed by atoms with Crippen molar-refractivity contribution in [2.75, 3.05) is 25.1 Å². The molecule has 0 spiro atoms. The van der Waals surface area contributed by atoms with Crippen LogP contribution in [0.5, 0.6) is 11.5 Å². The fourth-order valence-electron chi connectivity index (χ4n) is 2.56. The molecule has 9 heteroatoms. The van der Waals surface area contributed by atoms with Crippen LogP contribution in [0.4, 0.5) is 5.69 Å². The quantitative estimate of drug-likeness (QED) is 0.698. The van der Waals surface area contributed by atoms with Crippen LogP contribution in [0.2, 0.25) is 5.02 Å². The summed E-state index contributed by atoms with van der Waals surface area (Å²) in [6, 6.07) is 10.5. The number of nitrogens with one attached hydrogen (secondary N) is 2. The van der Waals surface area contributed by atoms with Crippen LogP contribution >= 0.6 is 11.6 Å². The van der Waals surface area contributed by atoms with E-state index in [9.17, 15) is 14.4 Å². The van der Waals surface area contributed by atoms with Crippen molar-refractivity contribution < 1.29 is 28.6 Å². The summed E-state index contributed by atoms with van der Waals surface area (Å²) in [5, 5.41) is 5.36. The highest BCUT2D eigenvalue weighted by Gasteiger charge is 2.20. The summed E-state index contributed by atoms with van der Waals surface area (Å²) in [6.45, 7) is 1.86. The average Bonchev–Trinajstić information content (AvgIpc) is 2.72. The second kappa shape index (κ2) is 9.29. The van der Waals surface area contributed by atoms with Crippen molar-refractivity contribution in [2.24, 2.45) is 0 Å². The molecule has 0 aliphatic carbocycles. The number of benzene rings is 2. The van der Waals surface area contributed by atoms with E-state index < -0.39 is 30.4 Å². The first-order chi connectivity index (χ1) is 13.9. The van der Waals surface area contributed by atoms with Crippen molar-refractivity contribution in [2.45, 2.75) is 13.0 Å². The number of anilines is 1. The Kier molecular flexibility index (Phi) is 6.56. The Morgan fingerprint density at radius 2 is 1.83 bits per heavy atom. The molecule has 1 atom stereocenters. The van der Waals surface area contributed by atoms with Crippen molar-refractivity contribution in [1.29, 1.82) is 0 Å². The number of esters is 1. The highest BCUT2D eigenvalue weighted by molar-refractivity contribution is 6.33. The first-order valence-electron chi connectivity index (χ1n) is 8.85. The predicted octanol–water partition coefficient (Wildman–Crippen LogP) is 2.41. The van der Waals surface area contributed by atoms with E-state index in [1.165, 1.54) is 13.0 Å². The van der Waals surface area contributed by atoms with E-state index in [1.807, 2.05) is 0 Å². The summed E-state index contributed by atoms with van der Waals surface area (Å²) in [4.78, 5) is 36.3. The summed E-state index contributed by atoms with van der Waals surface area (Å²) < 4.78 is 15.8. The number of ether oxygens (including phenoxy) is 3. The molecule has 1 aliphatic heterocycles. The normalized spacial score (nSPS) is 13.2. The average molecular weight is 419 g/mol. The number of carbonyl (C=O) groups excluding carboxylic acids is 3. The molecule has 0 radical (unpaired) electrons. The summed E-state index contributed by atoms with van der Waals surface area (Å²) in [5.41, 5.74) is 0.723. The fourth-order valence-corrected chi connectivity index (χ4v) is 2.78. The molecule has 2 N–H and O–H groups in total. The number of fused-ring (bicyclic) bond motifs is 1. The Morgan fingerprint density at radius 1 is 1.10 bits per heavy atom. The van der Waals surface area contributed by atoms with Crippen molar-refractivity contribution >= 4 is 35.1 Å². The number of halogens is 1. The van der Waals surface area contributed by atoms with Gasteiger partial charge in [-0.3, -0.25) is 9.59 Å². The number of amides is 2. The lowest BCUT2D eigenvalue weighted by atomic mass is 10.2. The lowest BCUT2D eigenvalue weighted by Gasteiger charge is -2.19. The van der Waals surface area contributed by atoms with Crippen molar-refractivity contribution in [1.82, 2.24) is 5.32 Å². The Labute approximate surface area is 172 Å². The van der Waals surface area contributed by atoms with Gasteiger partial charge in [0.15, 0.2) is 18.1 Å². The summed E-state index contributed by atoms with van der Waals surface area (Å²) in [7, 11) is 0. The summed E-state index contributed by atoms with van der Waals surface area (Å²) >= 11 is 5.96. The van der Waals surface area contributed by atoms with Gasteiger partial charge in [0, 0.05) is 11.8 Å². The van der Waals surface area contributed by atoms with Gasteiger partial charge in [0.2, 0.25) is 0 Å². The smallest absolute Gasteiger partial charge is 0.328 e. The maximum atomic E-state index is 12.2. The van der Waals surface area contributed by atoms with Crippen LogP contribution in [0, 0.1) is 0 Å². The van der Waals surface area contributed by atoms with E-state index in [1.54, 1.807) is 36.4 Å². The van der Waals surface area contributed by atoms with Gasteiger partial charge in [0.05, 0.1) is 10.6 Å². The first-order valence-corrected chi connectivity index (χ1v) is 9.23. The van der Waals surface area contributed by atoms with Gasteiger partial charge in [0.25, 0.3) is 11.8 Å². The van der Waals surface area contributed by atoms with E-state index in [0.29, 0.717) is 30.4 Å². The van der Waals surface area contributed by atoms with Crippen LogP contribution < -0.4 is 20.1 Å². The molecule has 3 rings (SSSR count). The second-order valence-corrected chi connectivity index (χ2v) is 6.60. The van der Waals surface area contributed by atoms with Gasteiger partial charge in [-0.1, -0.05) is 23.7 Å². The third kappa shape index (κ3) is 5.39. The standard InChI is InChI=1S/C20H19ClN2O6/c1-12(22-19(25)14-4-2-3-5-15(14)21)20(26)29-11-18(24)23-13-6-7-16-17(10-13)28-9-8-27-16/h2-7,10,12H,8-9,11H2,1H3,(H,22,25)(H,23,24)/t12-/m1/s1. The molecule has 0 bridgehead atoms. The summed E-state index contributed by atoms with van der Waals surface area (Å²) in [6.07, 6.45) is 0. The lowest BCUT2D eigenvalue weighted by Crippen LogP contribution is -2.40. The highest BCUT2D eigenvalue weighted by atomic mass is 35.5. The molecule has 0 unspecified atom stereocenters. The van der Waals surface area contributed by atoms with E-state index >= 15 is 0 Å². The lowest BCUT2D eigenvalue weighted by molar-refractivity contribution is -0.148. The molecule has 0 saturated carbocycles. The zero-order valence-corrected chi connectivity index (χ0v) is 16.3. The molecule has 1 heterocycles. The van der Waals surface area contributed by atoms with E-state index in [0.717, 1.165) is 0 Å². The SMILES string of the molecule is C[C@@H](NC(=O)c1ccccc1Cl)C(=O)OCC(=O)Nc1ccc2c(c1)OCCO2.